The fourth-order valence-electron chi connectivity index (χ4n) is 0. The van der Waals surface area contributed by atoms with Crippen LogP contribution in [0.5, 0.6) is 0 Å². The highest BCUT2D eigenvalue weighted by molar-refractivity contribution is 5.78. The molecule has 15 heavy (non-hydrogen) atoms. The summed E-state index contributed by atoms with van der Waals surface area (Å²) < 4.78 is 0. The van der Waals surface area contributed by atoms with Crippen molar-refractivity contribution in [1.29, 1.82) is 0 Å². The smallest absolute Gasteiger partial charge is 0.327 e. The molecule has 0 aromatic heterocycles. The molecule has 0 spiro atoms. The Labute approximate surface area is 90.6 Å². The van der Waals surface area contributed by atoms with Gasteiger partial charge in [-0.2, -0.15) is 0 Å². The number of aliphatic hydroxyl groups excluding tert-OH is 5. The molecule has 0 aliphatic heterocycles. The molecule has 98 valence electrons. The normalized spacial score (nSPS) is 4.13. The SMILES string of the molecule is C=CC(=O)O.CO.CO.CO.CO.CO. The second kappa shape index (κ2) is 207. The van der Waals surface area contributed by atoms with Crippen LogP contribution in [0.2, 0.25) is 0 Å². The molecule has 6 N–H and O–H groups in total. The average molecular weight is 232 g/mol. The average Bonchev–Trinajstić information content (AvgIpc) is 2.41. The van der Waals surface area contributed by atoms with Gasteiger partial charge in [0.05, 0.1) is 0 Å². The van der Waals surface area contributed by atoms with Crippen LogP contribution in [0.1, 0.15) is 0 Å². The Morgan fingerprint density at radius 3 is 0.867 bits per heavy atom. The first-order valence-electron chi connectivity index (χ1n) is 3.36. The largest absolute Gasteiger partial charge is 0.478 e. The molecule has 7 heteroatoms. The highest BCUT2D eigenvalue weighted by Crippen LogP contribution is 1.54. The Hall–Kier alpha value is -0.990. The number of hydrogen-bond acceptors (Lipinski definition) is 6. The van der Waals surface area contributed by atoms with E-state index in [2.05, 4.69) is 6.58 Å². The first kappa shape index (κ1) is 37.0. The molecule has 7 nitrogen and oxygen atoms in total. The number of carboxylic acids is 1. The van der Waals surface area contributed by atoms with Gasteiger partial charge in [-0.05, 0) is 0 Å². The van der Waals surface area contributed by atoms with Crippen molar-refractivity contribution in [3.63, 3.8) is 0 Å². The fourth-order valence-corrected chi connectivity index (χ4v) is 0. The monoisotopic (exact) mass is 232 g/mol. The van der Waals surface area contributed by atoms with Crippen molar-refractivity contribution in [3.05, 3.63) is 12.7 Å². The molecule has 0 saturated carbocycles. The summed E-state index contributed by atoms with van der Waals surface area (Å²) in [4.78, 5) is 9.25. The quantitative estimate of drug-likeness (QED) is 0.296. The van der Waals surface area contributed by atoms with E-state index in [0.29, 0.717) is 0 Å². The van der Waals surface area contributed by atoms with Gasteiger partial charge in [-0.25, -0.2) is 4.79 Å². The van der Waals surface area contributed by atoms with Crippen LogP contribution < -0.4 is 0 Å². The van der Waals surface area contributed by atoms with Crippen LogP contribution in [0, 0.1) is 0 Å². The van der Waals surface area contributed by atoms with Crippen molar-refractivity contribution in [2.45, 2.75) is 0 Å². The first-order chi connectivity index (χ1) is 7.27. The van der Waals surface area contributed by atoms with E-state index in [1.54, 1.807) is 0 Å². The van der Waals surface area contributed by atoms with Crippen molar-refractivity contribution in [2.24, 2.45) is 0 Å². The van der Waals surface area contributed by atoms with Gasteiger partial charge < -0.3 is 30.6 Å². The van der Waals surface area contributed by atoms with Gasteiger partial charge in [0, 0.05) is 41.6 Å². The molecule has 0 atom stereocenters. The minimum atomic E-state index is -0.981. The molecule has 0 unspecified atom stereocenters. The van der Waals surface area contributed by atoms with Crippen LogP contribution >= 0.6 is 0 Å². The summed E-state index contributed by atoms with van der Waals surface area (Å²) >= 11 is 0. The first-order valence-corrected chi connectivity index (χ1v) is 3.36. The molecule has 0 aliphatic rings. The van der Waals surface area contributed by atoms with E-state index >= 15 is 0 Å². The van der Waals surface area contributed by atoms with E-state index in [1.165, 1.54) is 0 Å². The third kappa shape index (κ3) is 1550. The fraction of sp³-hybridized carbons (Fsp3) is 0.625. The zero-order valence-corrected chi connectivity index (χ0v) is 9.88. The Morgan fingerprint density at radius 2 is 0.867 bits per heavy atom. The Bertz CT molecular complexity index is 66.0. The van der Waals surface area contributed by atoms with E-state index in [0.717, 1.165) is 41.6 Å². The lowest BCUT2D eigenvalue weighted by Gasteiger charge is -1.64. The Balaban J connectivity index is -0.0000000177. The van der Waals surface area contributed by atoms with Gasteiger partial charge in [0.25, 0.3) is 0 Å². The highest BCUT2D eigenvalue weighted by Gasteiger charge is 1.73. The molecule has 0 aromatic rings. The number of carboxylic acid groups (broad SMARTS) is 1. The van der Waals surface area contributed by atoms with Crippen molar-refractivity contribution >= 4 is 5.97 Å². The summed E-state index contributed by atoms with van der Waals surface area (Å²) in [6.45, 7) is 2.96. The molecule has 0 saturated heterocycles. The zero-order valence-electron chi connectivity index (χ0n) is 9.88. The maximum atomic E-state index is 9.25. The Kier molecular flexibility index (Phi) is 510. The zero-order chi connectivity index (χ0) is 14.3. The van der Waals surface area contributed by atoms with Crippen LogP contribution in [0.15, 0.2) is 12.7 Å². The molecule has 0 rings (SSSR count). The van der Waals surface area contributed by atoms with E-state index in [4.69, 9.17) is 30.6 Å². The lowest BCUT2D eigenvalue weighted by molar-refractivity contribution is -0.131. The number of aliphatic hydroxyl groups is 5. The van der Waals surface area contributed by atoms with Crippen LogP contribution in [0.25, 0.3) is 0 Å². The molecule has 0 aliphatic carbocycles. The van der Waals surface area contributed by atoms with E-state index in [-0.39, 0.29) is 0 Å². The van der Waals surface area contributed by atoms with E-state index in [9.17, 15) is 4.79 Å². The van der Waals surface area contributed by atoms with E-state index < -0.39 is 5.97 Å². The van der Waals surface area contributed by atoms with Crippen molar-refractivity contribution in [3.8, 4) is 0 Å². The van der Waals surface area contributed by atoms with E-state index in [1.807, 2.05) is 0 Å². The van der Waals surface area contributed by atoms with Gasteiger partial charge in [-0.1, -0.05) is 6.58 Å². The maximum absolute atomic E-state index is 9.25. The minimum absolute atomic E-state index is 0.833. The van der Waals surface area contributed by atoms with Crippen LogP contribution in [0.4, 0.5) is 0 Å². The summed E-state index contributed by atoms with van der Waals surface area (Å²) in [6.07, 6.45) is 0.833. The molecule has 0 fully saturated rings. The third-order valence-corrected chi connectivity index (χ3v) is 0.175. The van der Waals surface area contributed by atoms with Crippen LogP contribution in [0.3, 0.4) is 0 Å². The standard InChI is InChI=1S/C3H4O2.5CH4O/c1-2-3(4)5;5*1-2/h2H,1H2,(H,4,5);5*2H,1H3. The Morgan fingerprint density at radius 1 is 0.800 bits per heavy atom. The van der Waals surface area contributed by atoms with Gasteiger partial charge in [0.2, 0.25) is 0 Å². The second-order valence-electron chi connectivity index (χ2n) is 0.542. The molecule has 0 radical (unpaired) electrons. The lowest BCUT2D eigenvalue weighted by atomic mass is 10.7. The minimum Gasteiger partial charge on any atom is -0.478 e. The number of rotatable bonds is 1. The predicted molar refractivity (Wildman–Crippen MR) is 58.5 cm³/mol. The topological polar surface area (TPSA) is 138 Å². The van der Waals surface area contributed by atoms with Crippen LogP contribution in [-0.4, -0.2) is 72.2 Å². The molecular weight excluding hydrogens is 208 g/mol. The highest BCUT2D eigenvalue weighted by atomic mass is 16.4. The molecule has 0 amide bonds. The van der Waals surface area contributed by atoms with Gasteiger partial charge in [0.15, 0.2) is 0 Å². The van der Waals surface area contributed by atoms with Gasteiger partial charge in [0.1, 0.15) is 0 Å². The van der Waals surface area contributed by atoms with Crippen LogP contribution in [-0.2, 0) is 4.79 Å². The van der Waals surface area contributed by atoms with Crippen molar-refractivity contribution in [2.75, 3.05) is 35.5 Å². The molecule has 0 aromatic carbocycles. The third-order valence-electron chi connectivity index (χ3n) is 0.175. The molecule has 0 heterocycles. The van der Waals surface area contributed by atoms with Crippen molar-refractivity contribution in [1.82, 2.24) is 0 Å². The number of aliphatic carboxylic acids is 1. The summed E-state index contributed by atoms with van der Waals surface area (Å²) in [6, 6.07) is 0. The van der Waals surface area contributed by atoms with Gasteiger partial charge in [-0.15, -0.1) is 0 Å². The van der Waals surface area contributed by atoms with Gasteiger partial charge in [-0.3, -0.25) is 0 Å². The summed E-state index contributed by atoms with van der Waals surface area (Å²) in [5.74, 6) is -0.981. The molecule has 0 bridgehead atoms. The lowest BCUT2D eigenvalue weighted by Crippen LogP contribution is -1.82. The van der Waals surface area contributed by atoms with Gasteiger partial charge >= 0.3 is 5.97 Å². The number of hydrogen-bond donors (Lipinski definition) is 6. The van der Waals surface area contributed by atoms with Crippen molar-refractivity contribution < 1.29 is 35.4 Å². The predicted octanol–water partition coefficient (Wildman–Crippen LogP) is -1.70. The number of carbonyl (C=O) groups is 1. The summed E-state index contributed by atoms with van der Waals surface area (Å²) in [7, 11) is 5.00. The second-order valence-corrected chi connectivity index (χ2v) is 0.542. The maximum Gasteiger partial charge on any atom is 0.327 e. The molecular formula is C8H24O7. The summed E-state index contributed by atoms with van der Waals surface area (Å²) in [5, 5.41) is 42.6. The summed E-state index contributed by atoms with van der Waals surface area (Å²) in [5.41, 5.74) is 0.